The number of rotatable bonds is 3. The number of benzene rings is 1. The molecule has 0 aliphatic heterocycles. The number of nitrogens with zero attached hydrogens (tertiary/aromatic N) is 1. The number of nitrogens with one attached hydrogen (secondary N) is 1. The fourth-order valence-corrected chi connectivity index (χ4v) is 1.41. The SMILES string of the molecule is NC(=O)c1ccc(N)c(Nc2cccnc2)c1. The molecule has 17 heavy (non-hydrogen) atoms. The number of pyridine rings is 1. The molecule has 0 spiro atoms. The van der Waals surface area contributed by atoms with Crippen LogP contribution in [0.1, 0.15) is 10.4 Å². The Bertz CT molecular complexity index is 539. The van der Waals surface area contributed by atoms with Crippen LogP contribution in [0.15, 0.2) is 42.7 Å². The molecule has 0 radical (unpaired) electrons. The molecule has 0 saturated heterocycles. The molecule has 0 aliphatic carbocycles. The minimum Gasteiger partial charge on any atom is -0.397 e. The van der Waals surface area contributed by atoms with Crippen LogP contribution < -0.4 is 16.8 Å². The second-order valence-corrected chi connectivity index (χ2v) is 3.53. The third-order valence-corrected chi connectivity index (χ3v) is 2.28. The van der Waals surface area contributed by atoms with Crippen LogP contribution in [-0.2, 0) is 0 Å². The van der Waals surface area contributed by atoms with E-state index >= 15 is 0 Å². The summed E-state index contributed by atoms with van der Waals surface area (Å²) in [6, 6.07) is 8.50. The summed E-state index contributed by atoms with van der Waals surface area (Å²) in [7, 11) is 0. The quantitative estimate of drug-likeness (QED) is 0.694. The maximum absolute atomic E-state index is 11.1. The summed E-state index contributed by atoms with van der Waals surface area (Å²) in [5.74, 6) is -0.487. The summed E-state index contributed by atoms with van der Waals surface area (Å²) in [6.07, 6.45) is 3.34. The normalized spacial score (nSPS) is 9.88. The van der Waals surface area contributed by atoms with Gasteiger partial charge in [0, 0.05) is 11.8 Å². The van der Waals surface area contributed by atoms with Crippen molar-refractivity contribution in [1.29, 1.82) is 0 Å². The smallest absolute Gasteiger partial charge is 0.248 e. The van der Waals surface area contributed by atoms with Crippen molar-refractivity contribution in [3.8, 4) is 0 Å². The number of amides is 1. The number of nitrogen functional groups attached to an aromatic ring is 1. The molecule has 5 heteroatoms. The zero-order valence-electron chi connectivity index (χ0n) is 9.05. The Morgan fingerprint density at radius 2 is 2.12 bits per heavy atom. The zero-order chi connectivity index (χ0) is 12.3. The highest BCUT2D eigenvalue weighted by Gasteiger charge is 2.05. The van der Waals surface area contributed by atoms with Gasteiger partial charge in [0.1, 0.15) is 0 Å². The van der Waals surface area contributed by atoms with Gasteiger partial charge in [0.25, 0.3) is 0 Å². The lowest BCUT2D eigenvalue weighted by Crippen LogP contribution is -2.11. The summed E-state index contributed by atoms with van der Waals surface area (Å²) >= 11 is 0. The highest BCUT2D eigenvalue weighted by Crippen LogP contribution is 2.23. The van der Waals surface area contributed by atoms with Crippen LogP contribution in [0.5, 0.6) is 0 Å². The number of anilines is 3. The molecule has 0 saturated carbocycles. The van der Waals surface area contributed by atoms with E-state index in [0.29, 0.717) is 16.9 Å². The van der Waals surface area contributed by atoms with Crippen molar-refractivity contribution in [3.63, 3.8) is 0 Å². The Morgan fingerprint density at radius 3 is 2.76 bits per heavy atom. The number of carbonyl (C=O) groups is 1. The fourth-order valence-electron chi connectivity index (χ4n) is 1.41. The van der Waals surface area contributed by atoms with Crippen LogP contribution in [0.3, 0.4) is 0 Å². The van der Waals surface area contributed by atoms with Crippen LogP contribution in [0.2, 0.25) is 0 Å². The molecule has 86 valence electrons. The van der Waals surface area contributed by atoms with Crippen LogP contribution in [0, 0.1) is 0 Å². The van der Waals surface area contributed by atoms with E-state index in [2.05, 4.69) is 10.3 Å². The third kappa shape index (κ3) is 2.52. The van der Waals surface area contributed by atoms with Crippen molar-refractivity contribution < 1.29 is 4.79 Å². The van der Waals surface area contributed by atoms with E-state index in [4.69, 9.17) is 11.5 Å². The molecule has 0 unspecified atom stereocenters. The number of hydrogen-bond donors (Lipinski definition) is 3. The lowest BCUT2D eigenvalue weighted by Gasteiger charge is -2.09. The van der Waals surface area contributed by atoms with Gasteiger partial charge in [-0.3, -0.25) is 9.78 Å². The summed E-state index contributed by atoms with van der Waals surface area (Å²) in [6.45, 7) is 0. The minimum absolute atomic E-state index is 0.408. The van der Waals surface area contributed by atoms with Crippen LogP contribution in [0.25, 0.3) is 0 Å². The second kappa shape index (κ2) is 4.52. The monoisotopic (exact) mass is 228 g/mol. The van der Waals surface area contributed by atoms with Gasteiger partial charge in [0.05, 0.1) is 23.3 Å². The maximum Gasteiger partial charge on any atom is 0.248 e. The summed E-state index contributed by atoms with van der Waals surface area (Å²) in [5, 5.41) is 3.07. The molecule has 0 atom stereocenters. The molecule has 0 fully saturated rings. The number of hydrogen-bond acceptors (Lipinski definition) is 4. The standard InChI is InChI=1S/C12H12N4O/c13-10-4-3-8(12(14)17)6-11(10)16-9-2-1-5-15-7-9/h1-7,16H,13H2,(H2,14,17). The van der Waals surface area contributed by atoms with E-state index in [9.17, 15) is 4.79 Å². The lowest BCUT2D eigenvalue weighted by atomic mass is 10.1. The van der Waals surface area contributed by atoms with Crippen molar-refractivity contribution in [1.82, 2.24) is 4.98 Å². The average Bonchev–Trinajstić information content (AvgIpc) is 2.33. The number of primary amides is 1. The van der Waals surface area contributed by atoms with Crippen molar-refractivity contribution in [2.45, 2.75) is 0 Å². The topological polar surface area (TPSA) is 94.0 Å². The van der Waals surface area contributed by atoms with Gasteiger partial charge in [-0.2, -0.15) is 0 Å². The van der Waals surface area contributed by atoms with Gasteiger partial charge in [0.15, 0.2) is 0 Å². The molecule has 1 heterocycles. The number of aromatic nitrogens is 1. The van der Waals surface area contributed by atoms with Gasteiger partial charge in [-0.1, -0.05) is 0 Å². The fraction of sp³-hybridized carbons (Fsp3) is 0. The zero-order valence-corrected chi connectivity index (χ0v) is 9.05. The first-order valence-electron chi connectivity index (χ1n) is 5.03. The predicted octanol–water partition coefficient (Wildman–Crippen LogP) is 1.51. The van der Waals surface area contributed by atoms with Gasteiger partial charge >= 0.3 is 0 Å². The molecule has 2 aromatic rings. The number of nitrogens with two attached hydrogens (primary N) is 2. The van der Waals surface area contributed by atoms with Gasteiger partial charge in [-0.15, -0.1) is 0 Å². The third-order valence-electron chi connectivity index (χ3n) is 2.28. The Labute approximate surface area is 98.5 Å². The molecule has 5 N–H and O–H groups in total. The first-order chi connectivity index (χ1) is 8.16. The Morgan fingerprint density at radius 1 is 1.29 bits per heavy atom. The Hall–Kier alpha value is -2.56. The lowest BCUT2D eigenvalue weighted by molar-refractivity contribution is 0.100. The van der Waals surface area contributed by atoms with Crippen molar-refractivity contribution in [2.75, 3.05) is 11.1 Å². The van der Waals surface area contributed by atoms with E-state index in [1.54, 1.807) is 36.7 Å². The first-order valence-corrected chi connectivity index (χ1v) is 5.03. The van der Waals surface area contributed by atoms with Crippen molar-refractivity contribution >= 4 is 23.0 Å². The highest BCUT2D eigenvalue weighted by molar-refractivity contribution is 5.95. The van der Waals surface area contributed by atoms with Crippen molar-refractivity contribution in [2.24, 2.45) is 5.73 Å². The van der Waals surface area contributed by atoms with Gasteiger partial charge in [0.2, 0.25) is 5.91 Å². The van der Waals surface area contributed by atoms with Crippen LogP contribution >= 0.6 is 0 Å². The number of carbonyl (C=O) groups excluding carboxylic acids is 1. The van der Waals surface area contributed by atoms with E-state index in [1.807, 2.05) is 6.07 Å². The van der Waals surface area contributed by atoms with Crippen molar-refractivity contribution in [3.05, 3.63) is 48.3 Å². The molecular weight excluding hydrogens is 216 g/mol. The van der Waals surface area contributed by atoms with E-state index in [0.717, 1.165) is 5.69 Å². The summed E-state index contributed by atoms with van der Waals surface area (Å²) < 4.78 is 0. The van der Waals surface area contributed by atoms with E-state index in [-0.39, 0.29) is 0 Å². The maximum atomic E-state index is 11.1. The Kier molecular flexibility index (Phi) is 2.91. The second-order valence-electron chi connectivity index (χ2n) is 3.53. The van der Waals surface area contributed by atoms with E-state index in [1.165, 1.54) is 0 Å². The minimum atomic E-state index is -0.487. The molecule has 2 rings (SSSR count). The van der Waals surface area contributed by atoms with Crippen LogP contribution in [0.4, 0.5) is 17.1 Å². The van der Waals surface area contributed by atoms with Gasteiger partial charge in [-0.25, -0.2) is 0 Å². The summed E-state index contributed by atoms with van der Waals surface area (Å²) in [4.78, 5) is 15.0. The highest BCUT2D eigenvalue weighted by atomic mass is 16.1. The molecule has 1 aromatic heterocycles. The average molecular weight is 228 g/mol. The van der Waals surface area contributed by atoms with Gasteiger partial charge < -0.3 is 16.8 Å². The molecule has 0 aliphatic rings. The predicted molar refractivity (Wildman–Crippen MR) is 66.9 cm³/mol. The largest absolute Gasteiger partial charge is 0.397 e. The van der Waals surface area contributed by atoms with Crippen LogP contribution in [-0.4, -0.2) is 10.9 Å². The molecule has 1 aromatic carbocycles. The molecule has 5 nitrogen and oxygen atoms in total. The molecule has 0 bridgehead atoms. The van der Waals surface area contributed by atoms with E-state index < -0.39 is 5.91 Å². The molecular formula is C12H12N4O. The Balaban J connectivity index is 2.32. The summed E-state index contributed by atoms with van der Waals surface area (Å²) in [5.41, 5.74) is 13.4. The molecule has 1 amide bonds. The van der Waals surface area contributed by atoms with Gasteiger partial charge in [-0.05, 0) is 30.3 Å². The first kappa shape index (κ1) is 10.9.